The van der Waals surface area contributed by atoms with Crippen molar-refractivity contribution < 1.29 is 14.3 Å². The first kappa shape index (κ1) is 14.5. The second kappa shape index (κ2) is 5.81. The number of ether oxygens (including phenoxy) is 2. The Hall–Kier alpha value is -3.14. The molecule has 2 aliphatic heterocycles. The number of esters is 1. The topological polar surface area (TPSA) is 47.9 Å². The zero-order chi connectivity index (χ0) is 16.5. The molecule has 118 valence electrons. The van der Waals surface area contributed by atoms with Gasteiger partial charge in [0.2, 0.25) is 5.90 Å². The fourth-order valence-electron chi connectivity index (χ4n) is 2.73. The van der Waals surface area contributed by atoms with Crippen molar-refractivity contribution in [3.05, 3.63) is 82.6 Å². The lowest BCUT2D eigenvalue weighted by atomic mass is 10.1. The molecule has 4 nitrogen and oxygen atoms in total. The lowest BCUT2D eigenvalue weighted by molar-refractivity contribution is -0.130. The summed E-state index contributed by atoms with van der Waals surface area (Å²) in [6, 6.07) is 15.5. The Morgan fingerprint density at radius 3 is 2.75 bits per heavy atom. The van der Waals surface area contributed by atoms with Gasteiger partial charge in [0.1, 0.15) is 12.4 Å². The molecule has 0 N–H and O–H groups in total. The molecule has 0 radical (unpaired) electrons. The number of carbonyl (C=O) groups excluding carboxylic acids is 1. The number of fused-ring (bicyclic) bond motifs is 1. The number of carbonyl (C=O) groups is 1. The number of hydrogen-bond donors (Lipinski definition) is 0. The number of benzene rings is 2. The molecule has 0 saturated heterocycles. The van der Waals surface area contributed by atoms with Crippen molar-refractivity contribution in [3.63, 3.8) is 0 Å². The molecule has 24 heavy (non-hydrogen) atoms. The van der Waals surface area contributed by atoms with E-state index in [2.05, 4.69) is 4.99 Å². The van der Waals surface area contributed by atoms with E-state index in [0.29, 0.717) is 18.2 Å². The van der Waals surface area contributed by atoms with E-state index in [1.807, 2.05) is 61.5 Å². The van der Waals surface area contributed by atoms with Gasteiger partial charge >= 0.3 is 5.97 Å². The van der Waals surface area contributed by atoms with E-state index in [4.69, 9.17) is 9.47 Å². The fourth-order valence-corrected chi connectivity index (χ4v) is 2.73. The van der Waals surface area contributed by atoms with Gasteiger partial charge < -0.3 is 9.47 Å². The molecular formula is C20H15NO3. The third-order valence-corrected chi connectivity index (χ3v) is 3.97. The van der Waals surface area contributed by atoms with E-state index in [1.165, 1.54) is 0 Å². The first-order valence-electron chi connectivity index (χ1n) is 7.72. The third-order valence-electron chi connectivity index (χ3n) is 3.97. The number of aliphatic imine (C=N–C) groups is 1. The SMILES string of the molecule is Cc1ccccc1C1=N/C(=C\C2=Cc3ccccc3OC2)C(=O)O1. The van der Waals surface area contributed by atoms with Gasteiger partial charge in [-0.05, 0) is 42.3 Å². The molecule has 0 bridgehead atoms. The van der Waals surface area contributed by atoms with Crippen LogP contribution in [0.2, 0.25) is 0 Å². The molecule has 0 spiro atoms. The minimum Gasteiger partial charge on any atom is -0.488 e. The van der Waals surface area contributed by atoms with Crippen LogP contribution in [-0.4, -0.2) is 18.5 Å². The Kier molecular flexibility index (Phi) is 3.50. The third kappa shape index (κ3) is 2.63. The standard InChI is InChI=1S/C20H15NO3/c1-13-6-2-4-8-16(13)19-21-17(20(22)24-19)11-14-10-15-7-3-5-9-18(15)23-12-14/h2-11H,12H2,1H3/b17-11-. The van der Waals surface area contributed by atoms with E-state index in [0.717, 1.165) is 28.0 Å². The minimum atomic E-state index is -0.437. The molecule has 4 heteroatoms. The second-order valence-electron chi connectivity index (χ2n) is 5.70. The normalized spacial score (nSPS) is 17.7. The minimum absolute atomic E-state index is 0.294. The van der Waals surface area contributed by atoms with Crippen LogP contribution in [0.25, 0.3) is 6.08 Å². The molecule has 2 heterocycles. The maximum atomic E-state index is 12.1. The molecule has 2 aromatic carbocycles. The number of hydrogen-bond acceptors (Lipinski definition) is 4. The zero-order valence-electron chi connectivity index (χ0n) is 13.2. The summed E-state index contributed by atoms with van der Waals surface area (Å²) >= 11 is 0. The molecule has 2 aromatic rings. The molecule has 2 aliphatic rings. The molecule has 0 amide bonds. The molecule has 0 saturated carbocycles. The fraction of sp³-hybridized carbons (Fsp3) is 0.100. The highest BCUT2D eigenvalue weighted by molar-refractivity contribution is 6.11. The van der Waals surface area contributed by atoms with Crippen LogP contribution in [0.15, 0.2) is 70.9 Å². The van der Waals surface area contributed by atoms with Crippen molar-refractivity contribution in [2.24, 2.45) is 4.99 Å². The van der Waals surface area contributed by atoms with Crippen LogP contribution in [0.3, 0.4) is 0 Å². The van der Waals surface area contributed by atoms with Crippen LogP contribution < -0.4 is 4.74 Å². The van der Waals surface area contributed by atoms with Gasteiger partial charge in [-0.3, -0.25) is 0 Å². The van der Waals surface area contributed by atoms with E-state index in [1.54, 1.807) is 6.08 Å². The summed E-state index contributed by atoms with van der Waals surface area (Å²) in [5.41, 5.74) is 4.01. The van der Waals surface area contributed by atoms with Crippen LogP contribution in [0.5, 0.6) is 5.75 Å². The number of aryl methyl sites for hydroxylation is 1. The van der Waals surface area contributed by atoms with Crippen molar-refractivity contribution in [2.75, 3.05) is 6.61 Å². The first-order valence-corrected chi connectivity index (χ1v) is 7.72. The number of para-hydroxylation sites is 1. The Bertz CT molecular complexity index is 922. The van der Waals surface area contributed by atoms with E-state index >= 15 is 0 Å². The lowest BCUT2D eigenvalue weighted by Crippen LogP contribution is -2.08. The van der Waals surface area contributed by atoms with Crippen molar-refractivity contribution in [1.29, 1.82) is 0 Å². The van der Waals surface area contributed by atoms with Gasteiger partial charge in [-0.25, -0.2) is 9.79 Å². The predicted molar refractivity (Wildman–Crippen MR) is 91.8 cm³/mol. The van der Waals surface area contributed by atoms with Gasteiger partial charge in [-0.2, -0.15) is 0 Å². The summed E-state index contributed by atoms with van der Waals surface area (Å²) in [6.45, 7) is 2.37. The average molecular weight is 317 g/mol. The maximum absolute atomic E-state index is 12.1. The van der Waals surface area contributed by atoms with Crippen molar-refractivity contribution >= 4 is 17.9 Å². The van der Waals surface area contributed by atoms with Crippen LogP contribution in [0.4, 0.5) is 0 Å². The molecule has 0 aromatic heterocycles. The van der Waals surface area contributed by atoms with Gasteiger partial charge in [-0.1, -0.05) is 36.4 Å². The highest BCUT2D eigenvalue weighted by Crippen LogP contribution is 2.27. The van der Waals surface area contributed by atoms with Gasteiger partial charge in [0.25, 0.3) is 0 Å². The van der Waals surface area contributed by atoms with Gasteiger partial charge in [0.05, 0.1) is 0 Å². The van der Waals surface area contributed by atoms with Crippen molar-refractivity contribution in [2.45, 2.75) is 6.92 Å². The maximum Gasteiger partial charge on any atom is 0.363 e. The largest absolute Gasteiger partial charge is 0.488 e. The van der Waals surface area contributed by atoms with Crippen molar-refractivity contribution in [1.82, 2.24) is 0 Å². The van der Waals surface area contributed by atoms with E-state index in [9.17, 15) is 4.79 Å². The first-order chi connectivity index (χ1) is 11.7. The van der Waals surface area contributed by atoms with E-state index < -0.39 is 5.97 Å². The predicted octanol–water partition coefficient (Wildman–Crippen LogP) is 3.66. The summed E-state index contributed by atoms with van der Waals surface area (Å²) in [5.74, 6) is 0.757. The summed E-state index contributed by atoms with van der Waals surface area (Å²) in [5, 5.41) is 0. The summed E-state index contributed by atoms with van der Waals surface area (Å²) in [6.07, 6.45) is 3.73. The van der Waals surface area contributed by atoms with Gasteiger partial charge in [-0.15, -0.1) is 0 Å². The molecule has 4 rings (SSSR count). The summed E-state index contributed by atoms with van der Waals surface area (Å²) in [7, 11) is 0. The van der Waals surface area contributed by atoms with Crippen LogP contribution in [0, 0.1) is 6.92 Å². The Morgan fingerprint density at radius 2 is 1.88 bits per heavy atom. The molecule has 0 atom stereocenters. The molecule has 0 fully saturated rings. The van der Waals surface area contributed by atoms with Gasteiger partial charge in [0, 0.05) is 11.1 Å². The highest BCUT2D eigenvalue weighted by atomic mass is 16.6. The Morgan fingerprint density at radius 1 is 1.08 bits per heavy atom. The zero-order valence-corrected chi connectivity index (χ0v) is 13.2. The van der Waals surface area contributed by atoms with Gasteiger partial charge in [0.15, 0.2) is 5.70 Å². The second-order valence-corrected chi connectivity index (χ2v) is 5.70. The molecular weight excluding hydrogens is 302 g/mol. The summed E-state index contributed by atoms with van der Waals surface area (Å²) < 4.78 is 11.0. The van der Waals surface area contributed by atoms with E-state index in [-0.39, 0.29) is 0 Å². The lowest BCUT2D eigenvalue weighted by Gasteiger charge is -2.15. The number of nitrogens with zero attached hydrogens (tertiary/aromatic N) is 1. The monoisotopic (exact) mass is 317 g/mol. The Labute approximate surface area is 139 Å². The van der Waals surface area contributed by atoms with Crippen LogP contribution in [-0.2, 0) is 9.53 Å². The van der Waals surface area contributed by atoms with Crippen molar-refractivity contribution in [3.8, 4) is 5.75 Å². The Balaban J connectivity index is 1.67. The highest BCUT2D eigenvalue weighted by Gasteiger charge is 2.25. The van der Waals surface area contributed by atoms with Crippen LogP contribution >= 0.6 is 0 Å². The average Bonchev–Trinajstić information content (AvgIpc) is 2.96. The quantitative estimate of drug-likeness (QED) is 0.627. The molecule has 0 aliphatic carbocycles. The smallest absolute Gasteiger partial charge is 0.363 e. The summed E-state index contributed by atoms with van der Waals surface area (Å²) in [4.78, 5) is 16.5. The number of rotatable bonds is 2. The number of cyclic esters (lactones) is 1. The molecule has 0 unspecified atom stereocenters. The van der Waals surface area contributed by atoms with Crippen LogP contribution in [0.1, 0.15) is 16.7 Å².